The molecule has 4 nitrogen and oxygen atoms in total. The van der Waals surface area contributed by atoms with E-state index < -0.39 is 27.7 Å². The molecule has 0 aliphatic heterocycles. The Morgan fingerprint density at radius 1 is 1.53 bits per heavy atom. The summed E-state index contributed by atoms with van der Waals surface area (Å²) in [6.07, 6.45) is -2.14. The van der Waals surface area contributed by atoms with Gasteiger partial charge in [-0.2, -0.15) is 29.0 Å². The Labute approximate surface area is 97.3 Å². The molecule has 0 spiro atoms. The number of aromatic nitrogens is 1. The van der Waals surface area contributed by atoms with E-state index in [9.17, 15) is 17.4 Å². The highest BCUT2D eigenvalue weighted by atomic mass is 32.2. The zero-order valence-electron chi connectivity index (χ0n) is 8.60. The van der Waals surface area contributed by atoms with Crippen LogP contribution in [0.5, 0.6) is 0 Å². The van der Waals surface area contributed by atoms with Gasteiger partial charge in [-0.05, 0) is 11.6 Å². The Morgan fingerprint density at radius 3 is 2.59 bits per heavy atom. The monoisotopic (exact) mass is 262 g/mol. The van der Waals surface area contributed by atoms with Gasteiger partial charge in [-0.15, -0.1) is 0 Å². The number of nitriles is 1. The molecule has 0 aliphatic rings. The van der Waals surface area contributed by atoms with Crippen LogP contribution in [-0.2, 0) is 21.0 Å². The third kappa shape index (κ3) is 3.42. The van der Waals surface area contributed by atoms with Gasteiger partial charge >= 0.3 is 6.18 Å². The van der Waals surface area contributed by atoms with Crippen LogP contribution in [0.15, 0.2) is 22.7 Å². The summed E-state index contributed by atoms with van der Waals surface area (Å²) in [7, 11) is -1.80. The lowest BCUT2D eigenvalue weighted by Gasteiger charge is -2.14. The quantitative estimate of drug-likeness (QED) is 0.608. The average Bonchev–Trinajstić information content (AvgIpc) is 2.27. The molecule has 17 heavy (non-hydrogen) atoms. The minimum Gasteiger partial charge on any atom is -0.443 e. The van der Waals surface area contributed by atoms with Crippen molar-refractivity contribution in [2.24, 2.45) is 4.36 Å². The van der Waals surface area contributed by atoms with Crippen molar-refractivity contribution in [2.45, 2.75) is 18.3 Å². The van der Waals surface area contributed by atoms with E-state index in [-0.39, 0.29) is 0 Å². The van der Waals surface area contributed by atoms with E-state index in [1.165, 1.54) is 19.2 Å². The lowest BCUT2D eigenvalue weighted by Crippen LogP contribution is -2.08. The first-order chi connectivity index (χ1) is 7.86. The Kier molecular flexibility index (Phi) is 4.07. The third-order valence-corrected chi connectivity index (χ3v) is 3.12. The number of hydrogen-bond donors (Lipinski definition) is 0. The zero-order valence-corrected chi connectivity index (χ0v) is 9.42. The van der Waals surface area contributed by atoms with Crippen molar-refractivity contribution in [2.75, 3.05) is 0 Å². The van der Waals surface area contributed by atoms with Gasteiger partial charge in [0.1, 0.15) is 5.69 Å². The first-order valence-electron chi connectivity index (χ1n) is 4.40. The third-order valence-electron chi connectivity index (χ3n) is 1.98. The molecule has 0 aliphatic carbocycles. The van der Waals surface area contributed by atoms with E-state index in [1.54, 1.807) is 0 Å². The molecule has 1 atom stereocenters. The zero-order chi connectivity index (χ0) is 13.1. The number of hydrogen-bond acceptors (Lipinski definition) is 5. The summed E-state index contributed by atoms with van der Waals surface area (Å²) in [6, 6.07) is 1.97. The maximum Gasteiger partial charge on any atom is 0.433 e. The Bertz CT molecular complexity index is 512. The lowest BCUT2D eigenvalue weighted by atomic mass is 10.2. The summed E-state index contributed by atoms with van der Waals surface area (Å²) in [6.45, 7) is 1.49. The van der Waals surface area contributed by atoms with Gasteiger partial charge in [0.25, 0.3) is 0 Å². The summed E-state index contributed by atoms with van der Waals surface area (Å²) >= 11 is 0. The van der Waals surface area contributed by atoms with Crippen molar-refractivity contribution in [3.63, 3.8) is 0 Å². The van der Waals surface area contributed by atoms with Crippen molar-refractivity contribution < 1.29 is 17.4 Å². The van der Waals surface area contributed by atoms with E-state index in [0.29, 0.717) is 5.56 Å². The Hall–Kier alpha value is -1.62. The fraction of sp³-hybridized carbons (Fsp3) is 0.333. The van der Waals surface area contributed by atoms with Crippen molar-refractivity contribution in [3.8, 4) is 6.19 Å². The van der Waals surface area contributed by atoms with Crippen LogP contribution in [-0.4, -0.2) is 4.98 Å². The van der Waals surface area contributed by atoms with Gasteiger partial charge in [-0.3, -0.25) is 9.35 Å². The second kappa shape index (κ2) is 5.14. The summed E-state index contributed by atoms with van der Waals surface area (Å²) < 4.78 is 51.0. The molecular weight excluding hydrogens is 255 g/mol. The summed E-state index contributed by atoms with van der Waals surface area (Å²) in [4.78, 5) is 3.23. The van der Waals surface area contributed by atoms with Crippen LogP contribution in [0.3, 0.4) is 0 Å². The topological polar surface area (TPSA) is 66.1 Å². The first kappa shape index (κ1) is 13.4. The van der Waals surface area contributed by atoms with Crippen molar-refractivity contribution in [1.29, 1.82) is 5.26 Å². The highest BCUT2D eigenvalue weighted by Gasteiger charge is 2.31. The number of alkyl halides is 3. The molecule has 1 heterocycles. The molecular formula is C9H7F3N3OS-. The Morgan fingerprint density at radius 2 is 2.18 bits per heavy atom. The smallest absolute Gasteiger partial charge is 0.433 e. The van der Waals surface area contributed by atoms with Gasteiger partial charge in [0.2, 0.25) is 0 Å². The molecule has 0 amide bonds. The fourth-order valence-electron chi connectivity index (χ4n) is 1.05. The molecule has 8 heteroatoms. The predicted molar refractivity (Wildman–Crippen MR) is 53.7 cm³/mol. The number of pyridine rings is 1. The van der Waals surface area contributed by atoms with E-state index in [1.807, 2.05) is 0 Å². The van der Waals surface area contributed by atoms with E-state index in [4.69, 9.17) is 5.26 Å². The summed E-state index contributed by atoms with van der Waals surface area (Å²) in [5.41, 5.74) is -0.688. The highest BCUT2D eigenvalue weighted by molar-refractivity contribution is 7.75. The normalized spacial score (nSPS) is 15.2. The molecule has 0 fully saturated rings. The van der Waals surface area contributed by atoms with Crippen LogP contribution in [0.4, 0.5) is 13.2 Å². The van der Waals surface area contributed by atoms with Gasteiger partial charge in [-0.1, -0.05) is 18.2 Å². The average molecular weight is 262 g/mol. The molecule has 0 aromatic carbocycles. The largest absolute Gasteiger partial charge is 0.443 e. The molecule has 0 saturated heterocycles. The Balaban J connectivity index is 3.01. The fourth-order valence-corrected chi connectivity index (χ4v) is 1.66. The number of rotatable bonds is 2. The minimum absolute atomic E-state index is 0.329. The highest BCUT2D eigenvalue weighted by Crippen LogP contribution is 2.28. The molecule has 0 unspecified atom stereocenters. The SMILES string of the molecule is C[C@H](c1ccc(C(F)(F)F)nc1)[S-](=O)=NC#N. The van der Waals surface area contributed by atoms with Crippen LogP contribution in [0, 0.1) is 11.5 Å². The predicted octanol–water partition coefficient (Wildman–Crippen LogP) is 2.79. The van der Waals surface area contributed by atoms with Crippen LogP contribution >= 0.6 is 0 Å². The standard InChI is InChI=1S/C9H7F3N3OS/c1-6(17(16)15-5-13)7-2-3-8(14-4-7)9(10,11)12/h2-4,6H,1H3/q-1/t6-/m1/s1. The molecule has 0 radical (unpaired) electrons. The van der Waals surface area contributed by atoms with Crippen molar-refractivity contribution in [3.05, 3.63) is 29.6 Å². The van der Waals surface area contributed by atoms with Gasteiger partial charge in [0.15, 0.2) is 6.19 Å². The molecule has 1 aromatic heterocycles. The van der Waals surface area contributed by atoms with Gasteiger partial charge in [-0.25, -0.2) is 0 Å². The lowest BCUT2D eigenvalue weighted by molar-refractivity contribution is -0.141. The van der Waals surface area contributed by atoms with Gasteiger partial charge < -0.3 is 4.21 Å². The van der Waals surface area contributed by atoms with E-state index in [0.717, 1.165) is 12.3 Å². The molecule has 1 aromatic rings. The van der Waals surface area contributed by atoms with Crippen LogP contribution in [0.25, 0.3) is 0 Å². The number of halogens is 3. The minimum atomic E-state index is -4.50. The molecule has 0 saturated carbocycles. The summed E-state index contributed by atoms with van der Waals surface area (Å²) in [5.74, 6) is 0. The van der Waals surface area contributed by atoms with Crippen LogP contribution in [0.2, 0.25) is 0 Å². The second-order valence-corrected chi connectivity index (χ2v) is 4.53. The maximum atomic E-state index is 12.2. The van der Waals surface area contributed by atoms with Gasteiger partial charge in [0.05, 0.1) is 0 Å². The van der Waals surface area contributed by atoms with E-state index in [2.05, 4.69) is 9.35 Å². The molecule has 1 rings (SSSR count). The summed E-state index contributed by atoms with van der Waals surface area (Å²) in [5, 5.41) is 7.53. The molecule has 0 bridgehead atoms. The van der Waals surface area contributed by atoms with Crippen LogP contribution < -0.4 is 0 Å². The molecule has 92 valence electrons. The van der Waals surface area contributed by atoms with Gasteiger partial charge in [0, 0.05) is 6.20 Å². The van der Waals surface area contributed by atoms with Crippen molar-refractivity contribution in [1.82, 2.24) is 4.98 Å². The van der Waals surface area contributed by atoms with E-state index >= 15 is 0 Å². The number of nitrogens with zero attached hydrogens (tertiary/aromatic N) is 3. The first-order valence-corrected chi connectivity index (χ1v) is 5.57. The van der Waals surface area contributed by atoms with Crippen molar-refractivity contribution >= 4 is 10.6 Å². The molecule has 0 N–H and O–H groups in total. The van der Waals surface area contributed by atoms with Crippen LogP contribution in [0.1, 0.15) is 23.4 Å². The maximum absolute atomic E-state index is 12.2. The second-order valence-electron chi connectivity index (χ2n) is 3.08.